The van der Waals surface area contributed by atoms with Crippen LogP contribution in [0.15, 0.2) is 4.99 Å². The lowest BCUT2D eigenvalue weighted by Crippen LogP contribution is -2.42. The minimum atomic E-state index is 0. The van der Waals surface area contributed by atoms with E-state index in [1.54, 1.807) is 7.11 Å². The molecule has 0 radical (unpaired) electrons. The summed E-state index contributed by atoms with van der Waals surface area (Å²) in [6.07, 6.45) is 6.35. The molecule has 0 spiro atoms. The minimum absolute atomic E-state index is 0. The Labute approximate surface area is 146 Å². The molecule has 1 rings (SSSR count). The van der Waals surface area contributed by atoms with E-state index in [-0.39, 0.29) is 24.0 Å². The monoisotopic (exact) mass is 413 g/mol. The van der Waals surface area contributed by atoms with Crippen LogP contribution in [-0.4, -0.2) is 53.0 Å². The predicted molar refractivity (Wildman–Crippen MR) is 98.7 cm³/mol. The number of rotatable bonds is 9. The molecule has 0 amide bonds. The van der Waals surface area contributed by atoms with Crippen LogP contribution >= 0.6 is 24.0 Å². The fourth-order valence-electron chi connectivity index (χ4n) is 2.55. The SMILES string of the molecule is CN=C(NCCCOCCOC)NCC1(C)CCCC1.I. The standard InChI is InChI=1S/C15H31N3O2.HI/c1-15(7-4-5-8-15)13-18-14(16-2)17-9-6-10-20-12-11-19-3;/h4-13H2,1-3H3,(H2,16,17,18);1H. The molecule has 1 aliphatic carbocycles. The third kappa shape index (κ3) is 9.52. The number of aliphatic imine (C=N–C) groups is 1. The molecule has 0 aromatic rings. The molecule has 2 N–H and O–H groups in total. The van der Waals surface area contributed by atoms with Crippen molar-refractivity contribution in [1.82, 2.24) is 10.6 Å². The number of halogens is 1. The third-order valence-electron chi connectivity index (χ3n) is 3.91. The van der Waals surface area contributed by atoms with Crippen molar-refractivity contribution >= 4 is 29.9 Å². The molecule has 0 aromatic carbocycles. The molecule has 0 aliphatic heterocycles. The first-order valence-corrected chi connectivity index (χ1v) is 7.71. The van der Waals surface area contributed by atoms with E-state index in [1.165, 1.54) is 25.7 Å². The van der Waals surface area contributed by atoms with Gasteiger partial charge in [0, 0.05) is 33.9 Å². The Morgan fingerprint density at radius 2 is 1.86 bits per heavy atom. The maximum absolute atomic E-state index is 5.42. The van der Waals surface area contributed by atoms with Gasteiger partial charge in [-0.1, -0.05) is 19.8 Å². The Kier molecular flexibility index (Phi) is 12.4. The fraction of sp³-hybridized carbons (Fsp3) is 0.933. The molecule has 1 saturated carbocycles. The lowest BCUT2D eigenvalue weighted by atomic mass is 9.89. The van der Waals surface area contributed by atoms with Gasteiger partial charge in [-0.3, -0.25) is 4.99 Å². The highest BCUT2D eigenvalue weighted by molar-refractivity contribution is 14.0. The highest BCUT2D eigenvalue weighted by Gasteiger charge is 2.28. The fourth-order valence-corrected chi connectivity index (χ4v) is 2.55. The van der Waals surface area contributed by atoms with Crippen LogP contribution in [-0.2, 0) is 9.47 Å². The van der Waals surface area contributed by atoms with Crippen molar-refractivity contribution < 1.29 is 9.47 Å². The smallest absolute Gasteiger partial charge is 0.190 e. The second-order valence-electron chi connectivity index (χ2n) is 5.83. The maximum atomic E-state index is 5.42. The zero-order valence-electron chi connectivity index (χ0n) is 13.7. The topological polar surface area (TPSA) is 54.9 Å². The van der Waals surface area contributed by atoms with Gasteiger partial charge < -0.3 is 20.1 Å². The number of nitrogens with zero attached hydrogens (tertiary/aromatic N) is 1. The molecule has 126 valence electrons. The van der Waals surface area contributed by atoms with Crippen molar-refractivity contribution in [2.75, 3.05) is 47.1 Å². The zero-order valence-corrected chi connectivity index (χ0v) is 16.1. The Hall–Kier alpha value is -0.0800. The van der Waals surface area contributed by atoms with Gasteiger partial charge in [0.2, 0.25) is 0 Å². The highest BCUT2D eigenvalue weighted by Crippen LogP contribution is 2.36. The summed E-state index contributed by atoms with van der Waals surface area (Å²) in [4.78, 5) is 4.26. The van der Waals surface area contributed by atoms with Gasteiger partial charge in [-0.25, -0.2) is 0 Å². The van der Waals surface area contributed by atoms with Crippen molar-refractivity contribution in [3.8, 4) is 0 Å². The first-order valence-electron chi connectivity index (χ1n) is 7.71. The third-order valence-corrected chi connectivity index (χ3v) is 3.91. The van der Waals surface area contributed by atoms with E-state index in [0.29, 0.717) is 18.6 Å². The summed E-state index contributed by atoms with van der Waals surface area (Å²) in [5.41, 5.74) is 0.445. The minimum Gasteiger partial charge on any atom is -0.382 e. The molecule has 0 saturated heterocycles. The average molecular weight is 413 g/mol. The molecular weight excluding hydrogens is 381 g/mol. The number of hydrogen-bond donors (Lipinski definition) is 2. The quantitative estimate of drug-likeness (QED) is 0.264. The highest BCUT2D eigenvalue weighted by atomic mass is 127. The van der Waals surface area contributed by atoms with Crippen LogP contribution in [0.25, 0.3) is 0 Å². The molecular formula is C15H32IN3O2. The number of nitrogens with one attached hydrogen (secondary N) is 2. The second kappa shape index (κ2) is 12.5. The van der Waals surface area contributed by atoms with E-state index in [4.69, 9.17) is 9.47 Å². The van der Waals surface area contributed by atoms with Crippen LogP contribution < -0.4 is 10.6 Å². The predicted octanol–water partition coefficient (Wildman–Crippen LogP) is 2.40. The van der Waals surface area contributed by atoms with Crippen LogP contribution in [0.5, 0.6) is 0 Å². The van der Waals surface area contributed by atoms with E-state index in [1.807, 2.05) is 7.05 Å². The van der Waals surface area contributed by atoms with Crippen LogP contribution in [0.4, 0.5) is 0 Å². The Morgan fingerprint density at radius 1 is 1.14 bits per heavy atom. The van der Waals surface area contributed by atoms with Gasteiger partial charge >= 0.3 is 0 Å². The van der Waals surface area contributed by atoms with Crippen LogP contribution in [0, 0.1) is 5.41 Å². The molecule has 0 atom stereocenters. The van der Waals surface area contributed by atoms with Gasteiger partial charge in [0.25, 0.3) is 0 Å². The molecule has 1 fully saturated rings. The Morgan fingerprint density at radius 3 is 2.48 bits per heavy atom. The van der Waals surface area contributed by atoms with E-state index in [9.17, 15) is 0 Å². The lowest BCUT2D eigenvalue weighted by Gasteiger charge is -2.25. The Balaban J connectivity index is 0.00000400. The average Bonchev–Trinajstić information content (AvgIpc) is 2.88. The number of methoxy groups -OCH3 is 1. The molecule has 0 unspecified atom stereocenters. The van der Waals surface area contributed by atoms with E-state index < -0.39 is 0 Å². The maximum Gasteiger partial charge on any atom is 0.190 e. The summed E-state index contributed by atoms with van der Waals surface area (Å²) in [5, 5.41) is 6.77. The van der Waals surface area contributed by atoms with Crippen LogP contribution in [0.3, 0.4) is 0 Å². The molecule has 21 heavy (non-hydrogen) atoms. The summed E-state index contributed by atoms with van der Waals surface area (Å²) in [5.74, 6) is 0.898. The first-order chi connectivity index (χ1) is 9.70. The summed E-state index contributed by atoms with van der Waals surface area (Å²) in [6, 6.07) is 0. The molecule has 0 heterocycles. The van der Waals surface area contributed by atoms with Crippen LogP contribution in [0.1, 0.15) is 39.0 Å². The molecule has 6 heteroatoms. The summed E-state index contributed by atoms with van der Waals surface area (Å²) in [7, 11) is 3.51. The molecule has 0 bridgehead atoms. The number of ether oxygens (including phenoxy) is 2. The van der Waals surface area contributed by atoms with Crippen molar-refractivity contribution in [1.29, 1.82) is 0 Å². The van der Waals surface area contributed by atoms with E-state index in [2.05, 4.69) is 22.5 Å². The van der Waals surface area contributed by atoms with Crippen molar-refractivity contribution in [2.24, 2.45) is 10.4 Å². The second-order valence-corrected chi connectivity index (χ2v) is 5.83. The van der Waals surface area contributed by atoms with Crippen molar-refractivity contribution in [3.63, 3.8) is 0 Å². The molecule has 5 nitrogen and oxygen atoms in total. The van der Waals surface area contributed by atoms with Gasteiger partial charge in [-0.05, 0) is 24.7 Å². The first kappa shape index (κ1) is 20.9. The van der Waals surface area contributed by atoms with Gasteiger partial charge in [0.1, 0.15) is 0 Å². The summed E-state index contributed by atoms with van der Waals surface area (Å²) in [6.45, 7) is 6.34. The van der Waals surface area contributed by atoms with Crippen LogP contribution in [0.2, 0.25) is 0 Å². The number of guanidine groups is 1. The molecule has 0 aromatic heterocycles. The summed E-state index contributed by atoms with van der Waals surface area (Å²) < 4.78 is 10.3. The lowest BCUT2D eigenvalue weighted by molar-refractivity contribution is 0.0698. The van der Waals surface area contributed by atoms with Gasteiger partial charge in [0.05, 0.1) is 13.2 Å². The summed E-state index contributed by atoms with van der Waals surface area (Å²) >= 11 is 0. The normalized spacial score (nSPS) is 17.4. The van der Waals surface area contributed by atoms with E-state index >= 15 is 0 Å². The van der Waals surface area contributed by atoms with Gasteiger partial charge in [-0.15, -0.1) is 24.0 Å². The largest absolute Gasteiger partial charge is 0.382 e. The zero-order chi connectivity index (χ0) is 14.7. The van der Waals surface area contributed by atoms with Crippen molar-refractivity contribution in [3.05, 3.63) is 0 Å². The van der Waals surface area contributed by atoms with E-state index in [0.717, 1.165) is 32.1 Å². The van der Waals surface area contributed by atoms with Crippen molar-refractivity contribution in [2.45, 2.75) is 39.0 Å². The molecule has 1 aliphatic rings. The Bertz CT molecular complexity index is 282. The van der Waals surface area contributed by atoms with Gasteiger partial charge in [0.15, 0.2) is 5.96 Å². The number of hydrogen-bond acceptors (Lipinski definition) is 3. The van der Waals surface area contributed by atoms with Gasteiger partial charge in [-0.2, -0.15) is 0 Å².